The molecule has 0 fully saturated rings. The van der Waals surface area contributed by atoms with Gasteiger partial charge in [0.15, 0.2) is 0 Å². The predicted molar refractivity (Wildman–Crippen MR) is 83.2 cm³/mol. The highest BCUT2D eigenvalue weighted by atomic mass is 35.5. The maximum Gasteiger partial charge on any atom is 0.222 e. The number of rotatable bonds is 4. The number of aryl methyl sites for hydroxylation is 4. The molecule has 0 saturated carbocycles. The molecule has 5 heteroatoms. The highest BCUT2D eigenvalue weighted by molar-refractivity contribution is 6.63. The van der Waals surface area contributed by atoms with Gasteiger partial charge in [-0.25, -0.2) is 4.68 Å². The van der Waals surface area contributed by atoms with Gasteiger partial charge in [0.2, 0.25) is 10.7 Å². The second-order valence-electron chi connectivity index (χ2n) is 5.15. The Kier molecular flexibility index (Phi) is 4.58. The third kappa shape index (κ3) is 3.58. The van der Waals surface area contributed by atoms with Gasteiger partial charge in [0, 0.05) is 24.6 Å². The first-order chi connectivity index (χ1) is 9.88. The molecule has 0 saturated heterocycles. The zero-order valence-corrected chi connectivity index (χ0v) is 13.1. The molecule has 0 aliphatic rings. The zero-order chi connectivity index (χ0) is 15.6. The van der Waals surface area contributed by atoms with Crippen LogP contribution in [0, 0.1) is 20.8 Å². The molecule has 1 aromatic carbocycles. The maximum atomic E-state index is 11.9. The number of benzene rings is 1. The van der Waals surface area contributed by atoms with Gasteiger partial charge in [0.25, 0.3) is 0 Å². The van der Waals surface area contributed by atoms with Crippen LogP contribution in [0.5, 0.6) is 0 Å². The van der Waals surface area contributed by atoms with Crippen LogP contribution in [0.25, 0.3) is 5.69 Å². The molecule has 0 bridgehead atoms. The van der Waals surface area contributed by atoms with E-state index in [0.29, 0.717) is 5.69 Å². The Labute approximate surface area is 128 Å². The van der Waals surface area contributed by atoms with Crippen molar-refractivity contribution in [2.45, 2.75) is 33.6 Å². The van der Waals surface area contributed by atoms with Crippen molar-refractivity contribution in [3.8, 4) is 5.69 Å². The summed E-state index contributed by atoms with van der Waals surface area (Å²) in [5.41, 5.74) is 4.13. The van der Waals surface area contributed by atoms with Crippen LogP contribution in [0.4, 0.5) is 0 Å². The van der Waals surface area contributed by atoms with Crippen molar-refractivity contribution in [2.75, 3.05) is 0 Å². The molecule has 1 aromatic heterocycles. The van der Waals surface area contributed by atoms with E-state index in [-0.39, 0.29) is 18.3 Å². The molecule has 2 rings (SSSR count). The van der Waals surface area contributed by atoms with Crippen molar-refractivity contribution in [3.63, 3.8) is 0 Å². The Hall–Kier alpha value is -1.94. The SMILES string of the molecule is Cc1ccc(-n2nc(CCC(=O)Cl)c(=O)cc2C)c(C)c1. The summed E-state index contributed by atoms with van der Waals surface area (Å²) < 4.78 is 1.74. The minimum Gasteiger partial charge on any atom is -0.288 e. The summed E-state index contributed by atoms with van der Waals surface area (Å²) in [6.07, 6.45) is 0.367. The molecule has 0 N–H and O–H groups in total. The molecule has 0 unspecified atom stereocenters. The summed E-state index contributed by atoms with van der Waals surface area (Å²) in [7, 11) is 0. The Morgan fingerprint density at radius 1 is 1.24 bits per heavy atom. The number of hydrogen-bond donors (Lipinski definition) is 0. The largest absolute Gasteiger partial charge is 0.288 e. The maximum absolute atomic E-state index is 11.9. The summed E-state index contributed by atoms with van der Waals surface area (Å²) >= 11 is 5.34. The highest BCUT2D eigenvalue weighted by Crippen LogP contribution is 2.16. The normalized spacial score (nSPS) is 10.7. The molecular weight excluding hydrogens is 288 g/mol. The van der Waals surface area contributed by atoms with Crippen LogP contribution >= 0.6 is 11.6 Å². The Balaban J connectivity index is 2.50. The number of aromatic nitrogens is 2. The van der Waals surface area contributed by atoms with E-state index in [1.165, 1.54) is 5.56 Å². The highest BCUT2D eigenvalue weighted by Gasteiger charge is 2.10. The average molecular weight is 305 g/mol. The molecule has 0 aliphatic carbocycles. The van der Waals surface area contributed by atoms with E-state index < -0.39 is 5.24 Å². The topological polar surface area (TPSA) is 52.0 Å². The summed E-state index contributed by atoms with van der Waals surface area (Å²) in [4.78, 5) is 22.8. The van der Waals surface area contributed by atoms with E-state index in [1.54, 1.807) is 10.7 Å². The zero-order valence-electron chi connectivity index (χ0n) is 12.3. The van der Waals surface area contributed by atoms with E-state index in [0.717, 1.165) is 16.9 Å². The first kappa shape index (κ1) is 15.4. The quantitative estimate of drug-likeness (QED) is 0.816. The molecule has 0 spiro atoms. The molecule has 1 heterocycles. The third-order valence-corrected chi connectivity index (χ3v) is 3.51. The molecule has 0 radical (unpaired) electrons. The number of carbonyl (C=O) groups excluding carboxylic acids is 1. The lowest BCUT2D eigenvalue weighted by Crippen LogP contribution is -2.19. The lowest BCUT2D eigenvalue weighted by atomic mass is 10.1. The first-order valence-electron chi connectivity index (χ1n) is 6.74. The minimum absolute atomic E-state index is 0.111. The summed E-state index contributed by atoms with van der Waals surface area (Å²) in [6.45, 7) is 5.87. The monoisotopic (exact) mass is 304 g/mol. The van der Waals surface area contributed by atoms with Crippen LogP contribution < -0.4 is 5.43 Å². The van der Waals surface area contributed by atoms with E-state index in [4.69, 9.17) is 11.6 Å². The Bertz CT molecular complexity index is 750. The summed E-state index contributed by atoms with van der Waals surface area (Å²) in [5.74, 6) is 0. The van der Waals surface area contributed by atoms with E-state index in [1.807, 2.05) is 32.9 Å². The summed E-state index contributed by atoms with van der Waals surface area (Å²) in [6, 6.07) is 7.59. The smallest absolute Gasteiger partial charge is 0.222 e. The molecule has 0 atom stereocenters. The fraction of sp³-hybridized carbons (Fsp3) is 0.312. The number of hydrogen-bond acceptors (Lipinski definition) is 3. The molecule has 4 nitrogen and oxygen atoms in total. The number of carbonyl (C=O) groups is 1. The fourth-order valence-corrected chi connectivity index (χ4v) is 2.35. The van der Waals surface area contributed by atoms with Gasteiger partial charge in [-0.3, -0.25) is 9.59 Å². The van der Waals surface area contributed by atoms with Crippen LogP contribution in [-0.4, -0.2) is 15.0 Å². The van der Waals surface area contributed by atoms with Crippen LogP contribution in [-0.2, 0) is 11.2 Å². The molecule has 0 amide bonds. The van der Waals surface area contributed by atoms with Crippen molar-refractivity contribution in [1.82, 2.24) is 9.78 Å². The molecule has 0 aliphatic heterocycles. The molecule has 2 aromatic rings. The van der Waals surface area contributed by atoms with Crippen molar-refractivity contribution in [3.05, 3.63) is 57.0 Å². The van der Waals surface area contributed by atoms with Gasteiger partial charge in [-0.05, 0) is 44.0 Å². The summed E-state index contributed by atoms with van der Waals surface area (Å²) in [5, 5.41) is 3.93. The van der Waals surface area contributed by atoms with Crippen molar-refractivity contribution in [2.24, 2.45) is 0 Å². The average Bonchev–Trinajstić information content (AvgIpc) is 2.38. The second kappa shape index (κ2) is 6.22. The van der Waals surface area contributed by atoms with Gasteiger partial charge in [0.05, 0.1) is 5.69 Å². The number of nitrogens with zero attached hydrogens (tertiary/aromatic N) is 2. The Morgan fingerprint density at radius 3 is 2.57 bits per heavy atom. The molecule has 110 valence electrons. The molecule has 21 heavy (non-hydrogen) atoms. The minimum atomic E-state index is -0.463. The number of halogens is 1. The van der Waals surface area contributed by atoms with Gasteiger partial charge in [-0.15, -0.1) is 0 Å². The second-order valence-corrected chi connectivity index (χ2v) is 5.58. The van der Waals surface area contributed by atoms with Gasteiger partial charge in [-0.1, -0.05) is 17.7 Å². The van der Waals surface area contributed by atoms with Gasteiger partial charge >= 0.3 is 0 Å². The predicted octanol–water partition coefficient (Wildman–Crippen LogP) is 2.86. The fourth-order valence-electron chi connectivity index (χ4n) is 2.26. The van der Waals surface area contributed by atoms with Crippen molar-refractivity contribution in [1.29, 1.82) is 0 Å². The first-order valence-corrected chi connectivity index (χ1v) is 7.12. The lowest BCUT2D eigenvalue weighted by molar-refractivity contribution is -0.111. The van der Waals surface area contributed by atoms with Crippen molar-refractivity contribution < 1.29 is 4.79 Å². The third-order valence-electron chi connectivity index (χ3n) is 3.32. The molecular formula is C16H17ClN2O2. The van der Waals surface area contributed by atoms with Crippen LogP contribution in [0.2, 0.25) is 0 Å². The van der Waals surface area contributed by atoms with E-state index in [2.05, 4.69) is 11.2 Å². The van der Waals surface area contributed by atoms with Gasteiger partial charge < -0.3 is 0 Å². The standard InChI is InChI=1S/C16H17ClN2O2/c1-10-4-6-14(11(2)8-10)19-12(3)9-15(20)13(18-19)5-7-16(17)21/h4,6,8-9H,5,7H2,1-3H3. The van der Waals surface area contributed by atoms with E-state index in [9.17, 15) is 9.59 Å². The van der Waals surface area contributed by atoms with Gasteiger partial charge in [0.1, 0.15) is 5.69 Å². The lowest BCUT2D eigenvalue weighted by Gasteiger charge is -2.14. The van der Waals surface area contributed by atoms with Gasteiger partial charge in [-0.2, -0.15) is 5.10 Å². The van der Waals surface area contributed by atoms with Crippen LogP contribution in [0.1, 0.15) is 28.9 Å². The van der Waals surface area contributed by atoms with Crippen LogP contribution in [0.15, 0.2) is 29.1 Å². The van der Waals surface area contributed by atoms with E-state index >= 15 is 0 Å². The van der Waals surface area contributed by atoms with Crippen LogP contribution in [0.3, 0.4) is 0 Å². The Morgan fingerprint density at radius 2 is 1.95 bits per heavy atom. The van der Waals surface area contributed by atoms with Crippen molar-refractivity contribution >= 4 is 16.8 Å².